The molecule has 6 nitrogen and oxygen atoms in total. The van der Waals surface area contributed by atoms with Crippen molar-refractivity contribution >= 4 is 23.8 Å². The Morgan fingerprint density at radius 2 is 1.00 bits per heavy atom. The molecule has 0 bridgehead atoms. The predicted molar refractivity (Wildman–Crippen MR) is 148 cm³/mol. The minimum absolute atomic E-state index is 0.682. The molecule has 0 heterocycles. The summed E-state index contributed by atoms with van der Waals surface area (Å²) in [5.41, 5.74) is 3.55. The van der Waals surface area contributed by atoms with E-state index in [0.29, 0.717) is 24.7 Å². The number of hydrogen-bond donors (Lipinski definition) is 0. The normalized spacial score (nSPS) is 11.2. The van der Waals surface area contributed by atoms with Crippen LogP contribution in [-0.4, -0.2) is 39.9 Å². The van der Waals surface area contributed by atoms with Gasteiger partial charge in [0.05, 0.1) is 38.8 Å². The molecule has 0 aliphatic rings. The standard InChI is InChI=1S/C30H36N2O4/c1-5-7-17-35-27-15-9-23(19-29(27)33-3)21-31-25-11-13-26(14-12-25)32-22-24-10-16-28(30(20-24)34-4)36-18-8-6-2/h9-16,19-22H,5-8,17-18H2,1-4H3. The van der Waals surface area contributed by atoms with Crippen molar-refractivity contribution in [3.05, 3.63) is 71.8 Å². The lowest BCUT2D eigenvalue weighted by atomic mass is 10.2. The minimum Gasteiger partial charge on any atom is -0.493 e. The van der Waals surface area contributed by atoms with Gasteiger partial charge >= 0.3 is 0 Å². The maximum absolute atomic E-state index is 5.80. The van der Waals surface area contributed by atoms with Gasteiger partial charge in [-0.2, -0.15) is 0 Å². The van der Waals surface area contributed by atoms with Crippen LogP contribution in [-0.2, 0) is 0 Å². The molecule has 0 atom stereocenters. The molecule has 0 aromatic heterocycles. The summed E-state index contributed by atoms with van der Waals surface area (Å²) in [5.74, 6) is 2.91. The van der Waals surface area contributed by atoms with E-state index in [0.717, 1.165) is 59.7 Å². The maximum atomic E-state index is 5.80. The lowest BCUT2D eigenvalue weighted by Crippen LogP contribution is -1.99. The fourth-order valence-electron chi connectivity index (χ4n) is 3.34. The number of ether oxygens (including phenoxy) is 4. The first kappa shape index (κ1) is 26.8. The van der Waals surface area contributed by atoms with Gasteiger partial charge in [0.2, 0.25) is 0 Å². The largest absolute Gasteiger partial charge is 0.493 e. The van der Waals surface area contributed by atoms with E-state index >= 15 is 0 Å². The van der Waals surface area contributed by atoms with Crippen LogP contribution in [0.3, 0.4) is 0 Å². The molecule has 0 saturated carbocycles. The molecule has 3 aromatic carbocycles. The fourth-order valence-corrected chi connectivity index (χ4v) is 3.34. The zero-order valence-corrected chi connectivity index (χ0v) is 21.7. The third-order valence-electron chi connectivity index (χ3n) is 5.46. The first-order valence-electron chi connectivity index (χ1n) is 12.5. The number of unbranched alkanes of at least 4 members (excludes halogenated alkanes) is 2. The van der Waals surface area contributed by atoms with Crippen molar-refractivity contribution in [1.82, 2.24) is 0 Å². The summed E-state index contributed by atoms with van der Waals surface area (Å²) in [6.07, 6.45) is 7.84. The first-order chi connectivity index (χ1) is 17.7. The van der Waals surface area contributed by atoms with Gasteiger partial charge < -0.3 is 18.9 Å². The van der Waals surface area contributed by atoms with Gasteiger partial charge in [-0.05, 0) is 84.6 Å². The molecule has 0 aliphatic heterocycles. The van der Waals surface area contributed by atoms with Crippen LogP contribution in [0.5, 0.6) is 23.0 Å². The number of rotatable bonds is 14. The average molecular weight is 489 g/mol. The fraction of sp³-hybridized carbons (Fsp3) is 0.333. The van der Waals surface area contributed by atoms with Gasteiger partial charge in [0.15, 0.2) is 23.0 Å². The molecule has 0 saturated heterocycles. The Hall–Kier alpha value is -3.80. The molecule has 6 heteroatoms. The second kappa shape index (κ2) is 14.6. The second-order valence-corrected chi connectivity index (χ2v) is 8.26. The van der Waals surface area contributed by atoms with E-state index in [1.54, 1.807) is 14.2 Å². The third-order valence-corrected chi connectivity index (χ3v) is 5.46. The van der Waals surface area contributed by atoms with E-state index in [9.17, 15) is 0 Å². The average Bonchev–Trinajstić information content (AvgIpc) is 2.92. The van der Waals surface area contributed by atoms with Gasteiger partial charge in [0.25, 0.3) is 0 Å². The molecule has 0 radical (unpaired) electrons. The Morgan fingerprint density at radius 1 is 0.583 bits per heavy atom. The van der Waals surface area contributed by atoms with Gasteiger partial charge in [-0.25, -0.2) is 0 Å². The molecule has 0 aliphatic carbocycles. The Labute approximate surface area is 214 Å². The quantitative estimate of drug-likeness (QED) is 0.173. The summed E-state index contributed by atoms with van der Waals surface area (Å²) in [5, 5.41) is 0. The van der Waals surface area contributed by atoms with Crippen LogP contribution >= 0.6 is 0 Å². The zero-order chi connectivity index (χ0) is 25.6. The van der Waals surface area contributed by atoms with Crippen LogP contribution in [0.2, 0.25) is 0 Å². The van der Waals surface area contributed by atoms with E-state index in [2.05, 4.69) is 23.8 Å². The van der Waals surface area contributed by atoms with Crippen LogP contribution < -0.4 is 18.9 Å². The summed E-state index contributed by atoms with van der Waals surface area (Å²) in [7, 11) is 3.29. The number of methoxy groups -OCH3 is 2. The maximum Gasteiger partial charge on any atom is 0.161 e. The van der Waals surface area contributed by atoms with Crippen LogP contribution in [0, 0.1) is 0 Å². The van der Waals surface area contributed by atoms with Crippen LogP contribution in [0.1, 0.15) is 50.7 Å². The van der Waals surface area contributed by atoms with Gasteiger partial charge in [-0.1, -0.05) is 26.7 Å². The van der Waals surface area contributed by atoms with Gasteiger partial charge in [0, 0.05) is 12.4 Å². The molecular weight excluding hydrogens is 452 g/mol. The topological polar surface area (TPSA) is 61.6 Å². The molecule has 3 aromatic rings. The van der Waals surface area contributed by atoms with E-state index in [4.69, 9.17) is 18.9 Å². The van der Waals surface area contributed by atoms with Crippen molar-refractivity contribution in [2.45, 2.75) is 39.5 Å². The molecule has 36 heavy (non-hydrogen) atoms. The van der Waals surface area contributed by atoms with E-state index in [1.807, 2.05) is 73.1 Å². The van der Waals surface area contributed by atoms with Crippen LogP contribution in [0.25, 0.3) is 0 Å². The molecule has 190 valence electrons. The highest BCUT2D eigenvalue weighted by molar-refractivity contribution is 5.84. The van der Waals surface area contributed by atoms with Crippen molar-refractivity contribution in [3.8, 4) is 23.0 Å². The number of benzene rings is 3. The highest BCUT2D eigenvalue weighted by atomic mass is 16.5. The molecule has 0 amide bonds. The van der Waals surface area contributed by atoms with E-state index < -0.39 is 0 Å². The highest BCUT2D eigenvalue weighted by Crippen LogP contribution is 2.29. The number of hydrogen-bond acceptors (Lipinski definition) is 6. The van der Waals surface area contributed by atoms with Crippen molar-refractivity contribution in [1.29, 1.82) is 0 Å². The van der Waals surface area contributed by atoms with E-state index in [1.165, 1.54) is 0 Å². The third kappa shape index (κ3) is 8.15. The molecule has 0 spiro atoms. The van der Waals surface area contributed by atoms with E-state index in [-0.39, 0.29) is 0 Å². The predicted octanol–water partition coefficient (Wildman–Crippen LogP) is 7.56. The summed E-state index contributed by atoms with van der Waals surface area (Å²) in [6.45, 7) is 5.64. The summed E-state index contributed by atoms with van der Waals surface area (Å²) >= 11 is 0. The van der Waals surface area contributed by atoms with Gasteiger partial charge in [-0.15, -0.1) is 0 Å². The summed E-state index contributed by atoms with van der Waals surface area (Å²) in [4.78, 5) is 9.15. The molecule has 0 unspecified atom stereocenters. The summed E-state index contributed by atoms with van der Waals surface area (Å²) in [6, 6.07) is 19.4. The molecular formula is C30H36N2O4. The number of aliphatic imine (C=N–C) groups is 2. The van der Waals surface area contributed by atoms with Crippen molar-refractivity contribution in [2.75, 3.05) is 27.4 Å². The lowest BCUT2D eigenvalue weighted by Gasteiger charge is -2.10. The van der Waals surface area contributed by atoms with Gasteiger partial charge in [0.1, 0.15) is 0 Å². The Morgan fingerprint density at radius 3 is 1.36 bits per heavy atom. The highest BCUT2D eigenvalue weighted by Gasteiger charge is 2.06. The van der Waals surface area contributed by atoms with Crippen LogP contribution in [0.15, 0.2) is 70.6 Å². The van der Waals surface area contributed by atoms with Crippen molar-refractivity contribution < 1.29 is 18.9 Å². The molecule has 0 N–H and O–H groups in total. The molecule has 3 rings (SSSR count). The summed E-state index contributed by atoms with van der Waals surface area (Å²) < 4.78 is 22.5. The Bertz CT molecular complexity index is 1050. The Kier molecular flexibility index (Phi) is 10.8. The van der Waals surface area contributed by atoms with Crippen molar-refractivity contribution in [2.24, 2.45) is 9.98 Å². The Balaban J connectivity index is 1.62. The first-order valence-corrected chi connectivity index (χ1v) is 12.5. The monoisotopic (exact) mass is 488 g/mol. The van der Waals surface area contributed by atoms with Gasteiger partial charge in [-0.3, -0.25) is 9.98 Å². The smallest absolute Gasteiger partial charge is 0.161 e. The minimum atomic E-state index is 0.682. The number of nitrogens with zero attached hydrogens (tertiary/aromatic N) is 2. The lowest BCUT2D eigenvalue weighted by molar-refractivity contribution is 0.288. The second-order valence-electron chi connectivity index (χ2n) is 8.26. The molecule has 0 fully saturated rings. The van der Waals surface area contributed by atoms with Crippen molar-refractivity contribution in [3.63, 3.8) is 0 Å². The SMILES string of the molecule is CCCCOc1ccc(C=Nc2ccc(N=Cc3ccc(OCCCC)c(OC)c3)cc2)cc1OC. The zero-order valence-electron chi connectivity index (χ0n) is 21.7. The van der Waals surface area contributed by atoms with Crippen LogP contribution in [0.4, 0.5) is 11.4 Å².